The van der Waals surface area contributed by atoms with Crippen molar-refractivity contribution in [2.75, 3.05) is 12.4 Å². The van der Waals surface area contributed by atoms with Crippen LogP contribution < -0.4 is 5.32 Å². The summed E-state index contributed by atoms with van der Waals surface area (Å²) >= 11 is 0. The van der Waals surface area contributed by atoms with Crippen molar-refractivity contribution in [3.8, 4) is 6.07 Å². The van der Waals surface area contributed by atoms with Gasteiger partial charge in [-0.25, -0.2) is 4.79 Å². The minimum absolute atomic E-state index is 0.207. The second kappa shape index (κ2) is 4.21. The van der Waals surface area contributed by atoms with Gasteiger partial charge in [-0.05, 0) is 6.07 Å². The van der Waals surface area contributed by atoms with E-state index < -0.39 is 0 Å². The molecule has 5 nitrogen and oxygen atoms in total. The Balaban J connectivity index is 2.45. The normalized spacial score (nSPS) is 18.6. The van der Waals surface area contributed by atoms with E-state index in [9.17, 15) is 4.79 Å². The molecule has 1 aliphatic heterocycles. The molecule has 5 heteroatoms. The molecule has 2 amide bonds. The van der Waals surface area contributed by atoms with Crippen molar-refractivity contribution < 1.29 is 9.63 Å². The van der Waals surface area contributed by atoms with Crippen LogP contribution in [0.4, 0.5) is 10.5 Å². The summed E-state index contributed by atoms with van der Waals surface area (Å²) < 4.78 is 0. The van der Waals surface area contributed by atoms with Gasteiger partial charge in [0.25, 0.3) is 0 Å². The van der Waals surface area contributed by atoms with E-state index in [1.54, 1.807) is 0 Å². The molecule has 0 radical (unpaired) electrons. The van der Waals surface area contributed by atoms with Crippen molar-refractivity contribution in [3.63, 3.8) is 0 Å². The highest BCUT2D eigenvalue weighted by molar-refractivity contribution is 5.92. The summed E-state index contributed by atoms with van der Waals surface area (Å²) in [4.78, 5) is 16.6. The first-order chi connectivity index (χ1) is 7.77. The summed E-state index contributed by atoms with van der Waals surface area (Å²) in [6, 6.07) is 8.76. The molecular weight excluding hydrogens is 206 g/mol. The lowest BCUT2D eigenvalue weighted by molar-refractivity contribution is -0.114. The lowest BCUT2D eigenvalue weighted by Crippen LogP contribution is -2.41. The van der Waals surface area contributed by atoms with Gasteiger partial charge in [-0.2, -0.15) is 10.3 Å². The van der Waals surface area contributed by atoms with Gasteiger partial charge in [0.1, 0.15) is 6.04 Å². The van der Waals surface area contributed by atoms with E-state index in [0.29, 0.717) is 0 Å². The van der Waals surface area contributed by atoms with E-state index in [4.69, 9.17) is 10.1 Å². The number of urea groups is 1. The van der Waals surface area contributed by atoms with Gasteiger partial charge in [-0.3, -0.25) is 4.84 Å². The number of carbonyl (C=O) groups is 1. The SMILES string of the molecule is CON1C(=O)Nc2ccccc2C1CC#N. The maximum Gasteiger partial charge on any atom is 0.346 e. The number of carbonyl (C=O) groups excluding carboxylic acids is 1. The molecule has 1 heterocycles. The molecule has 0 saturated heterocycles. The number of amides is 2. The standard InChI is InChI=1S/C11H11N3O2/c1-16-14-10(6-7-12)8-4-2-3-5-9(8)13-11(14)15/h2-5,10H,6H2,1H3,(H,13,15). The molecule has 1 aromatic carbocycles. The molecule has 16 heavy (non-hydrogen) atoms. The summed E-state index contributed by atoms with van der Waals surface area (Å²) in [6.45, 7) is 0. The zero-order valence-corrected chi connectivity index (χ0v) is 8.80. The van der Waals surface area contributed by atoms with Crippen LogP contribution in [-0.4, -0.2) is 18.2 Å². The molecular formula is C11H11N3O2. The van der Waals surface area contributed by atoms with Crippen LogP contribution in [0, 0.1) is 11.3 Å². The Morgan fingerprint density at radius 1 is 1.56 bits per heavy atom. The lowest BCUT2D eigenvalue weighted by Gasteiger charge is -2.33. The molecule has 1 atom stereocenters. The molecule has 0 spiro atoms. The first-order valence-corrected chi connectivity index (χ1v) is 4.88. The number of rotatable bonds is 2. The third kappa shape index (κ3) is 1.59. The minimum Gasteiger partial charge on any atom is -0.306 e. The van der Waals surface area contributed by atoms with E-state index in [1.807, 2.05) is 24.3 Å². The van der Waals surface area contributed by atoms with E-state index in [0.717, 1.165) is 11.3 Å². The second-order valence-corrected chi connectivity index (χ2v) is 3.40. The Morgan fingerprint density at radius 3 is 3.00 bits per heavy atom. The van der Waals surface area contributed by atoms with Crippen molar-refractivity contribution >= 4 is 11.7 Å². The molecule has 0 bridgehead atoms. The Bertz CT molecular complexity index is 453. The average molecular weight is 217 g/mol. The minimum atomic E-state index is -0.347. The smallest absolute Gasteiger partial charge is 0.306 e. The van der Waals surface area contributed by atoms with Gasteiger partial charge in [-0.1, -0.05) is 18.2 Å². The Kier molecular flexibility index (Phi) is 2.75. The maximum absolute atomic E-state index is 11.7. The predicted octanol–water partition coefficient (Wildman–Crippen LogP) is 2.05. The van der Waals surface area contributed by atoms with Crippen molar-refractivity contribution in [3.05, 3.63) is 29.8 Å². The number of anilines is 1. The number of hydrogen-bond donors (Lipinski definition) is 1. The van der Waals surface area contributed by atoms with Crippen LogP contribution in [0.3, 0.4) is 0 Å². The number of para-hydroxylation sites is 1. The molecule has 0 saturated carbocycles. The number of hydroxylamine groups is 2. The Hall–Kier alpha value is -2.06. The summed E-state index contributed by atoms with van der Waals surface area (Å²) in [5, 5.41) is 12.7. The molecule has 1 aliphatic rings. The van der Waals surface area contributed by atoms with E-state index in [-0.39, 0.29) is 18.5 Å². The summed E-state index contributed by atoms with van der Waals surface area (Å²) in [6.07, 6.45) is 0.207. The highest BCUT2D eigenvalue weighted by Crippen LogP contribution is 2.34. The predicted molar refractivity (Wildman–Crippen MR) is 57.3 cm³/mol. The largest absolute Gasteiger partial charge is 0.346 e. The third-order valence-corrected chi connectivity index (χ3v) is 2.53. The van der Waals surface area contributed by atoms with Crippen molar-refractivity contribution in [2.24, 2.45) is 0 Å². The Morgan fingerprint density at radius 2 is 2.31 bits per heavy atom. The van der Waals surface area contributed by atoms with E-state index >= 15 is 0 Å². The zero-order valence-electron chi connectivity index (χ0n) is 8.80. The first-order valence-electron chi connectivity index (χ1n) is 4.88. The van der Waals surface area contributed by atoms with Crippen LogP contribution in [0.1, 0.15) is 18.0 Å². The molecule has 2 rings (SSSR count). The summed E-state index contributed by atoms with van der Waals surface area (Å²) in [5.41, 5.74) is 1.63. The van der Waals surface area contributed by atoms with Gasteiger partial charge in [0, 0.05) is 11.3 Å². The number of nitriles is 1. The Labute approximate surface area is 93.2 Å². The summed E-state index contributed by atoms with van der Waals surface area (Å²) in [7, 11) is 1.41. The molecule has 1 unspecified atom stereocenters. The van der Waals surface area contributed by atoms with Crippen LogP contribution in [0.2, 0.25) is 0 Å². The molecule has 0 aliphatic carbocycles. The number of nitrogens with zero attached hydrogens (tertiary/aromatic N) is 2. The molecule has 1 aromatic rings. The quantitative estimate of drug-likeness (QED) is 0.824. The van der Waals surface area contributed by atoms with Gasteiger partial charge in [-0.15, -0.1) is 0 Å². The van der Waals surface area contributed by atoms with Gasteiger partial charge in [0.15, 0.2) is 0 Å². The van der Waals surface area contributed by atoms with Gasteiger partial charge in [0.2, 0.25) is 0 Å². The van der Waals surface area contributed by atoms with Crippen molar-refractivity contribution in [1.29, 1.82) is 5.26 Å². The number of nitrogens with one attached hydrogen (secondary N) is 1. The fourth-order valence-electron chi connectivity index (χ4n) is 1.83. The molecule has 82 valence electrons. The summed E-state index contributed by atoms with van der Waals surface area (Å²) in [5.74, 6) is 0. The lowest BCUT2D eigenvalue weighted by atomic mass is 10.0. The monoisotopic (exact) mass is 217 g/mol. The fourth-order valence-corrected chi connectivity index (χ4v) is 1.83. The van der Waals surface area contributed by atoms with Gasteiger partial charge in [0.05, 0.1) is 19.6 Å². The first kappa shape index (κ1) is 10.5. The van der Waals surface area contributed by atoms with Crippen molar-refractivity contribution in [1.82, 2.24) is 5.06 Å². The number of hydrogen-bond acceptors (Lipinski definition) is 3. The molecule has 1 N–H and O–H groups in total. The van der Waals surface area contributed by atoms with Crippen LogP contribution in [-0.2, 0) is 4.84 Å². The fraction of sp³-hybridized carbons (Fsp3) is 0.273. The number of benzene rings is 1. The topological polar surface area (TPSA) is 65.4 Å². The van der Waals surface area contributed by atoms with Gasteiger partial charge < -0.3 is 5.32 Å². The van der Waals surface area contributed by atoms with Crippen molar-refractivity contribution in [2.45, 2.75) is 12.5 Å². The van der Waals surface area contributed by atoms with Crippen LogP contribution in [0.5, 0.6) is 0 Å². The zero-order chi connectivity index (χ0) is 11.5. The maximum atomic E-state index is 11.7. The van der Waals surface area contributed by atoms with Gasteiger partial charge >= 0.3 is 6.03 Å². The van der Waals surface area contributed by atoms with Crippen LogP contribution in [0.15, 0.2) is 24.3 Å². The van der Waals surface area contributed by atoms with E-state index in [1.165, 1.54) is 12.2 Å². The highest BCUT2D eigenvalue weighted by Gasteiger charge is 2.32. The molecule has 0 fully saturated rings. The highest BCUT2D eigenvalue weighted by atomic mass is 16.7. The second-order valence-electron chi connectivity index (χ2n) is 3.40. The van der Waals surface area contributed by atoms with E-state index in [2.05, 4.69) is 11.4 Å². The average Bonchev–Trinajstić information content (AvgIpc) is 2.29. The number of fused-ring (bicyclic) bond motifs is 1. The molecule has 0 aromatic heterocycles. The van der Waals surface area contributed by atoms with Crippen LogP contribution in [0.25, 0.3) is 0 Å². The van der Waals surface area contributed by atoms with Crippen LogP contribution >= 0.6 is 0 Å². The third-order valence-electron chi connectivity index (χ3n) is 2.53.